The molecule has 5 nitrogen and oxygen atoms in total. The van der Waals surface area contributed by atoms with Gasteiger partial charge in [-0.1, -0.05) is 23.2 Å². The molecule has 0 saturated carbocycles. The first-order valence-corrected chi connectivity index (χ1v) is 8.74. The lowest BCUT2D eigenvalue weighted by molar-refractivity contribution is -0.0504. The highest BCUT2D eigenvalue weighted by Gasteiger charge is 2.17. The second kappa shape index (κ2) is 12.0. The van der Waals surface area contributed by atoms with Gasteiger partial charge in [0.1, 0.15) is 5.75 Å². The average molecular weight is 524 g/mol. The van der Waals surface area contributed by atoms with Gasteiger partial charge in [-0.15, -0.1) is 24.0 Å². The third-order valence-corrected chi connectivity index (χ3v) is 4.24. The van der Waals surface area contributed by atoms with Crippen LogP contribution in [0.4, 0.5) is 8.78 Å². The van der Waals surface area contributed by atoms with E-state index in [-0.39, 0.29) is 47.4 Å². The average Bonchev–Trinajstić information content (AvgIpc) is 3.06. The van der Waals surface area contributed by atoms with Gasteiger partial charge >= 0.3 is 6.61 Å². The third-order valence-electron chi connectivity index (χ3n) is 3.74. The molecule has 148 valence electrons. The lowest BCUT2D eigenvalue weighted by Gasteiger charge is -2.16. The number of nitrogens with zero attached hydrogens (tertiary/aromatic N) is 1. The molecule has 26 heavy (non-hydrogen) atoms. The van der Waals surface area contributed by atoms with Crippen LogP contribution in [-0.4, -0.2) is 38.9 Å². The Morgan fingerprint density at radius 2 is 2.15 bits per heavy atom. The minimum atomic E-state index is -2.97. The van der Waals surface area contributed by atoms with Crippen LogP contribution in [0.2, 0.25) is 10.0 Å². The molecule has 1 aliphatic heterocycles. The fourth-order valence-corrected chi connectivity index (χ4v) is 3.17. The quantitative estimate of drug-likeness (QED) is 0.315. The Morgan fingerprint density at radius 1 is 1.38 bits per heavy atom. The number of ether oxygens (including phenoxy) is 2. The van der Waals surface area contributed by atoms with Crippen molar-refractivity contribution >= 4 is 53.1 Å². The molecule has 2 N–H and O–H groups in total. The fourth-order valence-electron chi connectivity index (χ4n) is 2.59. The molecule has 2 rings (SSSR count). The van der Waals surface area contributed by atoms with Gasteiger partial charge in [-0.2, -0.15) is 8.78 Å². The normalized spacial score (nSPS) is 17.2. The Bertz CT molecular complexity index is 603. The van der Waals surface area contributed by atoms with Gasteiger partial charge in [-0.05, 0) is 31.4 Å². The molecule has 1 heterocycles. The molecule has 10 heteroatoms. The Balaban J connectivity index is 0.00000338. The van der Waals surface area contributed by atoms with E-state index in [1.165, 1.54) is 12.1 Å². The van der Waals surface area contributed by atoms with Gasteiger partial charge in [0.05, 0.1) is 11.1 Å². The predicted octanol–water partition coefficient (Wildman–Crippen LogP) is 4.45. The van der Waals surface area contributed by atoms with Crippen molar-refractivity contribution in [2.45, 2.75) is 38.5 Å². The number of nitrogens with one attached hydrogen (secondary N) is 2. The molecule has 0 aromatic heterocycles. The van der Waals surface area contributed by atoms with E-state index in [1.807, 2.05) is 0 Å². The van der Waals surface area contributed by atoms with E-state index in [1.54, 1.807) is 7.05 Å². The van der Waals surface area contributed by atoms with Gasteiger partial charge in [-0.3, -0.25) is 4.99 Å². The summed E-state index contributed by atoms with van der Waals surface area (Å²) >= 11 is 11.9. The van der Waals surface area contributed by atoms with Crippen LogP contribution in [0.5, 0.6) is 5.75 Å². The molecular formula is C16H22Cl2F2IN3O2. The smallest absolute Gasteiger partial charge is 0.387 e. The molecular weight excluding hydrogens is 502 g/mol. The highest BCUT2D eigenvalue weighted by Crippen LogP contribution is 2.33. The SMILES string of the molecule is CN=C(NCCC1CCCO1)NCc1cc(Cl)cc(Cl)c1OC(F)F.I. The van der Waals surface area contributed by atoms with Crippen molar-refractivity contribution in [3.8, 4) is 5.75 Å². The third kappa shape index (κ3) is 7.58. The zero-order valence-corrected chi connectivity index (χ0v) is 18.1. The summed E-state index contributed by atoms with van der Waals surface area (Å²) in [6.45, 7) is -1.27. The number of guanidine groups is 1. The highest BCUT2D eigenvalue weighted by atomic mass is 127. The summed E-state index contributed by atoms with van der Waals surface area (Å²) in [6, 6.07) is 2.89. The standard InChI is InChI=1S/C16H21Cl2F2N3O2.HI/c1-21-16(22-5-4-12-3-2-6-24-12)23-9-10-7-11(17)8-13(18)14(10)25-15(19)20;/h7-8,12,15H,2-6,9H2,1H3,(H2,21,22,23);1H. The molecule has 1 aliphatic rings. The first kappa shape index (κ1) is 23.5. The molecule has 1 unspecified atom stereocenters. The van der Waals surface area contributed by atoms with Gasteiger partial charge < -0.3 is 20.1 Å². The zero-order valence-electron chi connectivity index (χ0n) is 14.2. The summed E-state index contributed by atoms with van der Waals surface area (Å²) in [6.07, 6.45) is 3.33. The molecule has 1 aromatic carbocycles. The summed E-state index contributed by atoms with van der Waals surface area (Å²) in [7, 11) is 1.63. The topological polar surface area (TPSA) is 54.9 Å². The van der Waals surface area contributed by atoms with Gasteiger partial charge in [-0.25, -0.2) is 0 Å². The molecule has 0 radical (unpaired) electrons. The van der Waals surface area contributed by atoms with Crippen LogP contribution in [0.3, 0.4) is 0 Å². The Kier molecular flexibility index (Phi) is 10.8. The molecule has 1 fully saturated rings. The summed E-state index contributed by atoms with van der Waals surface area (Å²) in [5, 5.41) is 6.57. The minimum absolute atomic E-state index is 0. The number of hydrogen-bond donors (Lipinski definition) is 2. The van der Waals surface area contributed by atoms with Crippen molar-refractivity contribution in [1.82, 2.24) is 10.6 Å². The summed E-state index contributed by atoms with van der Waals surface area (Å²) in [4.78, 5) is 4.10. The van der Waals surface area contributed by atoms with E-state index < -0.39 is 6.61 Å². The highest BCUT2D eigenvalue weighted by molar-refractivity contribution is 14.0. The van der Waals surface area contributed by atoms with Crippen molar-refractivity contribution in [3.63, 3.8) is 0 Å². The van der Waals surface area contributed by atoms with Gasteiger partial charge in [0.2, 0.25) is 0 Å². The summed E-state index contributed by atoms with van der Waals surface area (Å²) < 4.78 is 35.2. The zero-order chi connectivity index (χ0) is 18.2. The summed E-state index contributed by atoms with van der Waals surface area (Å²) in [5.74, 6) is 0.445. The van der Waals surface area contributed by atoms with Crippen molar-refractivity contribution in [2.75, 3.05) is 20.2 Å². The van der Waals surface area contributed by atoms with Crippen molar-refractivity contribution in [2.24, 2.45) is 4.99 Å². The van der Waals surface area contributed by atoms with Crippen LogP contribution in [0, 0.1) is 0 Å². The number of benzene rings is 1. The second-order valence-electron chi connectivity index (χ2n) is 5.53. The number of alkyl halides is 2. The first-order chi connectivity index (χ1) is 12.0. The molecule has 0 aliphatic carbocycles. The van der Waals surface area contributed by atoms with E-state index >= 15 is 0 Å². The maximum atomic E-state index is 12.6. The monoisotopic (exact) mass is 523 g/mol. The minimum Gasteiger partial charge on any atom is -0.433 e. The molecule has 0 amide bonds. The maximum absolute atomic E-state index is 12.6. The van der Waals surface area contributed by atoms with Crippen LogP contribution in [0.1, 0.15) is 24.8 Å². The Morgan fingerprint density at radius 3 is 2.77 bits per heavy atom. The van der Waals surface area contributed by atoms with Crippen LogP contribution < -0.4 is 15.4 Å². The Hall–Kier alpha value is -0.580. The van der Waals surface area contributed by atoms with Crippen LogP contribution in [-0.2, 0) is 11.3 Å². The molecule has 0 bridgehead atoms. The molecule has 0 spiro atoms. The predicted molar refractivity (Wildman–Crippen MR) is 110 cm³/mol. The van der Waals surface area contributed by atoms with Crippen LogP contribution >= 0.6 is 47.2 Å². The van der Waals surface area contributed by atoms with E-state index in [9.17, 15) is 8.78 Å². The van der Waals surface area contributed by atoms with Crippen LogP contribution in [0.15, 0.2) is 17.1 Å². The van der Waals surface area contributed by atoms with Crippen molar-refractivity contribution in [1.29, 1.82) is 0 Å². The number of aliphatic imine (C=N–C) groups is 1. The molecule has 1 aromatic rings. The molecule has 1 saturated heterocycles. The molecule has 1 atom stereocenters. The second-order valence-corrected chi connectivity index (χ2v) is 6.37. The first-order valence-electron chi connectivity index (χ1n) is 7.98. The van der Waals surface area contributed by atoms with Crippen molar-refractivity contribution in [3.05, 3.63) is 27.7 Å². The van der Waals surface area contributed by atoms with E-state index in [0.29, 0.717) is 23.1 Å². The fraction of sp³-hybridized carbons (Fsp3) is 0.562. The summed E-state index contributed by atoms with van der Waals surface area (Å²) in [5.41, 5.74) is 0.417. The van der Waals surface area contributed by atoms with E-state index in [4.69, 9.17) is 27.9 Å². The Labute approximate surface area is 178 Å². The van der Waals surface area contributed by atoms with Crippen molar-refractivity contribution < 1.29 is 18.3 Å². The van der Waals surface area contributed by atoms with Gasteiger partial charge in [0.15, 0.2) is 5.96 Å². The maximum Gasteiger partial charge on any atom is 0.387 e. The van der Waals surface area contributed by atoms with E-state index in [0.717, 1.165) is 25.9 Å². The lowest BCUT2D eigenvalue weighted by atomic mass is 10.2. The van der Waals surface area contributed by atoms with Gasteiger partial charge in [0.25, 0.3) is 0 Å². The lowest BCUT2D eigenvalue weighted by Crippen LogP contribution is -2.38. The number of halogens is 5. The van der Waals surface area contributed by atoms with Gasteiger partial charge in [0, 0.05) is 37.3 Å². The largest absolute Gasteiger partial charge is 0.433 e. The van der Waals surface area contributed by atoms with Crippen LogP contribution in [0.25, 0.3) is 0 Å². The number of rotatable bonds is 7. The number of hydrogen-bond acceptors (Lipinski definition) is 3. The van der Waals surface area contributed by atoms with E-state index in [2.05, 4.69) is 20.4 Å².